The molecule has 1 amide bonds. The van der Waals surface area contributed by atoms with Crippen molar-refractivity contribution in [2.75, 3.05) is 19.5 Å². The number of rotatable bonds is 5. The van der Waals surface area contributed by atoms with Gasteiger partial charge in [-0.1, -0.05) is 12.1 Å². The van der Waals surface area contributed by atoms with Crippen LogP contribution in [-0.2, 0) is 14.3 Å². The third-order valence-corrected chi connectivity index (χ3v) is 1.81. The molecule has 1 rings (SSSR count). The lowest BCUT2D eigenvalue weighted by Crippen LogP contribution is -2.04. The Kier molecular flexibility index (Phi) is 4.10. The molecule has 0 spiro atoms. The van der Waals surface area contributed by atoms with E-state index in [4.69, 9.17) is 9.47 Å². The van der Waals surface area contributed by atoms with Crippen molar-refractivity contribution < 1.29 is 14.3 Å². The maximum Gasteiger partial charge on any atom is 0.211 e. The number of benzene rings is 1. The zero-order valence-electron chi connectivity index (χ0n) is 8.19. The second-order valence-electron chi connectivity index (χ2n) is 2.69. The number of ether oxygens (including phenoxy) is 2. The van der Waals surface area contributed by atoms with E-state index in [9.17, 15) is 4.79 Å². The number of carbonyl (C=O) groups is 1. The van der Waals surface area contributed by atoms with Crippen LogP contribution in [0.5, 0.6) is 0 Å². The van der Waals surface area contributed by atoms with Gasteiger partial charge in [-0.05, 0) is 12.1 Å². The fraction of sp³-hybridized carbons (Fsp3) is 0.300. The van der Waals surface area contributed by atoms with Crippen LogP contribution >= 0.6 is 0 Å². The molecule has 0 aliphatic carbocycles. The molecule has 0 aliphatic heterocycles. The van der Waals surface area contributed by atoms with Crippen molar-refractivity contribution in [3.63, 3.8) is 0 Å². The van der Waals surface area contributed by atoms with Crippen LogP contribution in [0.15, 0.2) is 24.3 Å². The highest BCUT2D eigenvalue weighted by Crippen LogP contribution is 2.20. The first-order chi connectivity index (χ1) is 6.81. The first-order valence-electron chi connectivity index (χ1n) is 4.17. The first-order valence-corrected chi connectivity index (χ1v) is 4.17. The molecule has 4 heteroatoms. The Balaban J connectivity index is 2.86. The molecule has 0 aromatic heterocycles. The predicted octanol–water partition coefficient (Wildman–Crippen LogP) is 1.55. The first kappa shape index (κ1) is 10.7. The van der Waals surface area contributed by atoms with Crippen LogP contribution in [0.1, 0.15) is 11.9 Å². The van der Waals surface area contributed by atoms with Crippen LogP contribution in [0.2, 0.25) is 0 Å². The zero-order valence-corrected chi connectivity index (χ0v) is 8.19. The maximum absolute atomic E-state index is 10.2. The Labute approximate surface area is 82.8 Å². The van der Waals surface area contributed by atoms with E-state index in [0.717, 1.165) is 11.3 Å². The van der Waals surface area contributed by atoms with Crippen molar-refractivity contribution in [1.29, 1.82) is 0 Å². The molecule has 0 radical (unpaired) electrons. The van der Waals surface area contributed by atoms with Crippen molar-refractivity contribution in [2.24, 2.45) is 0 Å². The Morgan fingerprint density at radius 1 is 1.36 bits per heavy atom. The lowest BCUT2D eigenvalue weighted by Gasteiger charge is -2.14. The van der Waals surface area contributed by atoms with Gasteiger partial charge in [-0.15, -0.1) is 0 Å². The van der Waals surface area contributed by atoms with E-state index < -0.39 is 6.29 Å². The summed E-state index contributed by atoms with van der Waals surface area (Å²) in [4.78, 5) is 10.2. The molecule has 0 heterocycles. The number of hydrogen-bond donors (Lipinski definition) is 1. The highest BCUT2D eigenvalue weighted by atomic mass is 16.7. The van der Waals surface area contributed by atoms with E-state index in [1.165, 1.54) is 0 Å². The quantitative estimate of drug-likeness (QED) is 0.572. The summed E-state index contributed by atoms with van der Waals surface area (Å²) in [7, 11) is 3.13. The van der Waals surface area contributed by atoms with Gasteiger partial charge >= 0.3 is 0 Å². The molecule has 1 aromatic carbocycles. The lowest BCUT2D eigenvalue weighted by molar-refractivity contribution is -0.106. The van der Waals surface area contributed by atoms with E-state index in [-0.39, 0.29) is 0 Å². The van der Waals surface area contributed by atoms with Gasteiger partial charge in [0.2, 0.25) is 6.41 Å². The molecular formula is C10H13NO3. The summed E-state index contributed by atoms with van der Waals surface area (Å²) >= 11 is 0. The third kappa shape index (κ3) is 2.55. The van der Waals surface area contributed by atoms with Gasteiger partial charge in [-0.25, -0.2) is 0 Å². The molecule has 0 atom stereocenters. The van der Waals surface area contributed by atoms with Crippen molar-refractivity contribution in [3.8, 4) is 0 Å². The lowest BCUT2D eigenvalue weighted by atomic mass is 10.2. The molecule has 1 N–H and O–H groups in total. The predicted molar refractivity (Wildman–Crippen MR) is 52.9 cm³/mol. The molecule has 0 bridgehead atoms. The van der Waals surface area contributed by atoms with E-state index in [2.05, 4.69) is 5.32 Å². The Morgan fingerprint density at radius 3 is 2.64 bits per heavy atom. The van der Waals surface area contributed by atoms with Gasteiger partial charge in [0.05, 0.1) is 0 Å². The second-order valence-corrected chi connectivity index (χ2v) is 2.69. The van der Waals surface area contributed by atoms with Crippen LogP contribution in [0, 0.1) is 0 Å². The molecule has 76 valence electrons. The summed E-state index contributed by atoms with van der Waals surface area (Å²) in [5, 5.41) is 2.56. The highest BCUT2D eigenvalue weighted by Gasteiger charge is 2.08. The fourth-order valence-electron chi connectivity index (χ4n) is 1.21. The molecule has 0 fully saturated rings. The van der Waals surface area contributed by atoms with Crippen molar-refractivity contribution in [2.45, 2.75) is 6.29 Å². The number of hydrogen-bond acceptors (Lipinski definition) is 3. The molecule has 1 aromatic rings. The number of amides is 1. The molecule has 0 saturated heterocycles. The van der Waals surface area contributed by atoms with E-state index in [1.54, 1.807) is 26.4 Å². The van der Waals surface area contributed by atoms with Crippen LogP contribution in [0.4, 0.5) is 5.69 Å². The normalized spacial score (nSPS) is 10.2. The second kappa shape index (κ2) is 5.36. The number of carbonyl (C=O) groups excluding carboxylic acids is 1. The summed E-state index contributed by atoms with van der Waals surface area (Å²) in [6, 6.07) is 7.28. The van der Waals surface area contributed by atoms with Crippen LogP contribution in [-0.4, -0.2) is 20.6 Å². The summed E-state index contributed by atoms with van der Waals surface area (Å²) < 4.78 is 10.2. The molecule has 14 heavy (non-hydrogen) atoms. The van der Waals surface area contributed by atoms with Crippen LogP contribution in [0.25, 0.3) is 0 Å². The average molecular weight is 195 g/mol. The van der Waals surface area contributed by atoms with E-state index in [1.807, 2.05) is 12.1 Å². The minimum Gasteiger partial charge on any atom is -0.352 e. The van der Waals surface area contributed by atoms with Gasteiger partial charge in [-0.2, -0.15) is 0 Å². The number of nitrogens with one attached hydrogen (secondary N) is 1. The third-order valence-electron chi connectivity index (χ3n) is 1.81. The van der Waals surface area contributed by atoms with Crippen molar-refractivity contribution in [1.82, 2.24) is 0 Å². The van der Waals surface area contributed by atoms with Crippen LogP contribution in [0.3, 0.4) is 0 Å². The van der Waals surface area contributed by atoms with Crippen LogP contribution < -0.4 is 5.32 Å². The average Bonchev–Trinajstić information content (AvgIpc) is 2.21. The summed E-state index contributed by atoms with van der Waals surface area (Å²) in [5.74, 6) is 0. The summed E-state index contributed by atoms with van der Waals surface area (Å²) in [5.41, 5.74) is 1.58. The highest BCUT2D eigenvalue weighted by molar-refractivity contribution is 5.71. The topological polar surface area (TPSA) is 47.6 Å². The Morgan fingerprint density at radius 2 is 2.07 bits per heavy atom. The van der Waals surface area contributed by atoms with Gasteiger partial charge in [0.25, 0.3) is 0 Å². The smallest absolute Gasteiger partial charge is 0.211 e. The zero-order chi connectivity index (χ0) is 10.4. The molecular weight excluding hydrogens is 182 g/mol. The molecule has 4 nitrogen and oxygen atoms in total. The Hall–Kier alpha value is -1.39. The van der Waals surface area contributed by atoms with Gasteiger partial charge < -0.3 is 14.8 Å². The van der Waals surface area contributed by atoms with Crippen molar-refractivity contribution in [3.05, 3.63) is 29.8 Å². The molecule has 0 unspecified atom stereocenters. The fourth-order valence-corrected chi connectivity index (χ4v) is 1.21. The SMILES string of the molecule is COC(OC)c1cccc(NC=O)c1. The monoisotopic (exact) mass is 195 g/mol. The minimum absolute atomic E-state index is 0.400. The largest absolute Gasteiger partial charge is 0.352 e. The van der Waals surface area contributed by atoms with Gasteiger partial charge in [0, 0.05) is 25.5 Å². The van der Waals surface area contributed by atoms with Gasteiger partial charge in [-0.3, -0.25) is 4.79 Å². The maximum atomic E-state index is 10.2. The number of methoxy groups -OCH3 is 2. The Bertz CT molecular complexity index is 297. The van der Waals surface area contributed by atoms with Gasteiger partial charge in [0.15, 0.2) is 6.29 Å². The summed E-state index contributed by atoms with van der Waals surface area (Å²) in [6.07, 6.45) is 0.233. The van der Waals surface area contributed by atoms with Crippen molar-refractivity contribution >= 4 is 12.1 Å². The molecule has 0 aliphatic rings. The van der Waals surface area contributed by atoms with E-state index >= 15 is 0 Å². The standard InChI is InChI=1S/C10H13NO3/c1-13-10(14-2)8-4-3-5-9(6-8)11-7-12/h3-7,10H,1-2H3,(H,11,12). The van der Waals surface area contributed by atoms with E-state index in [0.29, 0.717) is 6.41 Å². The number of anilines is 1. The summed E-state index contributed by atoms with van der Waals surface area (Å²) in [6.45, 7) is 0. The van der Waals surface area contributed by atoms with Gasteiger partial charge in [0.1, 0.15) is 0 Å². The molecule has 0 saturated carbocycles. The minimum atomic E-state index is -0.400.